The highest BCUT2D eigenvalue weighted by Gasteiger charge is 2.30. The van der Waals surface area contributed by atoms with Crippen LogP contribution in [0, 0.1) is 11.6 Å². The summed E-state index contributed by atoms with van der Waals surface area (Å²) in [5.41, 5.74) is 0.747. The van der Waals surface area contributed by atoms with E-state index in [1.165, 1.54) is 0 Å². The second-order valence-electron chi connectivity index (χ2n) is 5.68. The van der Waals surface area contributed by atoms with E-state index in [-0.39, 0.29) is 13.1 Å². The van der Waals surface area contributed by atoms with E-state index in [1.807, 2.05) is 11.0 Å². The SMILES string of the molecule is CN(C)CCN(Cc1ccccc1)S(=O)(=O)c1c(F)cccc1F. The maximum absolute atomic E-state index is 14.0. The zero-order chi connectivity index (χ0) is 17.7. The number of rotatable bonds is 7. The molecular formula is C17H20F2N2O2S. The van der Waals surface area contributed by atoms with Crippen LogP contribution in [0.25, 0.3) is 0 Å². The van der Waals surface area contributed by atoms with Crippen LogP contribution in [0.1, 0.15) is 5.56 Å². The fourth-order valence-electron chi connectivity index (χ4n) is 2.24. The van der Waals surface area contributed by atoms with Crippen molar-refractivity contribution in [2.24, 2.45) is 0 Å². The minimum Gasteiger partial charge on any atom is -0.308 e. The summed E-state index contributed by atoms with van der Waals surface area (Å²) in [6.45, 7) is 0.602. The molecular weight excluding hydrogens is 334 g/mol. The van der Waals surface area contributed by atoms with E-state index < -0.39 is 26.6 Å². The van der Waals surface area contributed by atoms with Gasteiger partial charge in [-0.3, -0.25) is 0 Å². The van der Waals surface area contributed by atoms with E-state index in [1.54, 1.807) is 38.4 Å². The lowest BCUT2D eigenvalue weighted by atomic mass is 10.2. The molecule has 2 rings (SSSR count). The standard InChI is InChI=1S/C17H20F2N2O2S/c1-20(2)11-12-21(13-14-7-4-3-5-8-14)24(22,23)17-15(18)9-6-10-16(17)19/h3-10H,11-13H2,1-2H3. The van der Waals surface area contributed by atoms with Crippen molar-refractivity contribution in [3.8, 4) is 0 Å². The fourth-order valence-corrected chi connectivity index (χ4v) is 3.77. The van der Waals surface area contributed by atoms with Crippen molar-refractivity contribution in [2.75, 3.05) is 27.2 Å². The molecule has 24 heavy (non-hydrogen) atoms. The zero-order valence-corrected chi connectivity index (χ0v) is 14.4. The molecule has 130 valence electrons. The number of likely N-dealkylation sites (N-methyl/N-ethyl adjacent to an activating group) is 1. The van der Waals surface area contributed by atoms with Gasteiger partial charge in [0.15, 0.2) is 4.90 Å². The Kier molecular flexibility index (Phi) is 6.04. The Bertz CT molecular complexity index is 760. The first-order valence-corrected chi connectivity index (χ1v) is 8.89. The van der Waals surface area contributed by atoms with Gasteiger partial charge in [-0.25, -0.2) is 17.2 Å². The summed E-state index contributed by atoms with van der Waals surface area (Å²) in [6, 6.07) is 12.0. The molecule has 0 radical (unpaired) electrons. The summed E-state index contributed by atoms with van der Waals surface area (Å²) in [5, 5.41) is 0. The molecule has 2 aromatic carbocycles. The summed E-state index contributed by atoms with van der Waals surface area (Å²) in [5.74, 6) is -2.17. The monoisotopic (exact) mass is 354 g/mol. The van der Waals surface area contributed by atoms with E-state index in [2.05, 4.69) is 0 Å². The Morgan fingerprint density at radius 2 is 1.46 bits per heavy atom. The minimum absolute atomic E-state index is 0.0464. The smallest absolute Gasteiger partial charge is 0.249 e. The number of halogens is 2. The fraction of sp³-hybridized carbons (Fsp3) is 0.294. The van der Waals surface area contributed by atoms with E-state index in [0.717, 1.165) is 28.1 Å². The Balaban J connectivity index is 2.41. The average Bonchev–Trinajstić information content (AvgIpc) is 2.51. The van der Waals surface area contributed by atoms with Gasteiger partial charge in [0.25, 0.3) is 0 Å². The van der Waals surface area contributed by atoms with Crippen LogP contribution in [0.15, 0.2) is 53.4 Å². The normalized spacial score (nSPS) is 12.1. The summed E-state index contributed by atoms with van der Waals surface area (Å²) in [4.78, 5) is 0.908. The number of hydrogen-bond acceptors (Lipinski definition) is 3. The van der Waals surface area contributed by atoms with Gasteiger partial charge >= 0.3 is 0 Å². The molecule has 7 heteroatoms. The molecule has 0 amide bonds. The summed E-state index contributed by atoms with van der Waals surface area (Å²) in [7, 11) is -0.694. The third-order valence-corrected chi connectivity index (χ3v) is 5.41. The number of benzene rings is 2. The highest BCUT2D eigenvalue weighted by atomic mass is 32.2. The number of hydrogen-bond donors (Lipinski definition) is 0. The molecule has 2 aromatic rings. The maximum Gasteiger partial charge on any atom is 0.249 e. The predicted molar refractivity (Wildman–Crippen MR) is 88.9 cm³/mol. The van der Waals surface area contributed by atoms with E-state index in [9.17, 15) is 17.2 Å². The molecule has 0 aliphatic rings. The molecule has 0 fully saturated rings. The van der Waals surface area contributed by atoms with Crippen molar-refractivity contribution < 1.29 is 17.2 Å². The molecule has 0 atom stereocenters. The molecule has 0 saturated heterocycles. The Hall–Kier alpha value is -1.83. The largest absolute Gasteiger partial charge is 0.308 e. The van der Waals surface area contributed by atoms with Gasteiger partial charge in [0, 0.05) is 19.6 Å². The molecule has 0 saturated carbocycles. The van der Waals surface area contributed by atoms with Crippen molar-refractivity contribution in [1.82, 2.24) is 9.21 Å². The van der Waals surface area contributed by atoms with Crippen LogP contribution < -0.4 is 0 Å². The van der Waals surface area contributed by atoms with E-state index >= 15 is 0 Å². The quantitative estimate of drug-likeness (QED) is 0.768. The first-order chi connectivity index (χ1) is 11.3. The lowest BCUT2D eigenvalue weighted by Gasteiger charge is -2.24. The van der Waals surface area contributed by atoms with Crippen LogP contribution in [0.2, 0.25) is 0 Å². The first kappa shape index (κ1) is 18.5. The predicted octanol–water partition coefficient (Wildman–Crippen LogP) is 2.72. The van der Waals surface area contributed by atoms with Crippen molar-refractivity contribution in [1.29, 1.82) is 0 Å². The second-order valence-corrected chi connectivity index (χ2v) is 7.55. The molecule has 0 aliphatic heterocycles. The molecule has 0 bridgehead atoms. The molecule has 0 aromatic heterocycles. The van der Waals surface area contributed by atoms with E-state index in [0.29, 0.717) is 6.54 Å². The Morgan fingerprint density at radius 1 is 0.875 bits per heavy atom. The first-order valence-electron chi connectivity index (χ1n) is 7.45. The van der Waals surface area contributed by atoms with Crippen LogP contribution in [-0.4, -0.2) is 44.8 Å². The van der Waals surface area contributed by atoms with E-state index in [4.69, 9.17) is 0 Å². The van der Waals surface area contributed by atoms with Gasteiger partial charge in [-0.15, -0.1) is 0 Å². The molecule has 0 heterocycles. The highest BCUT2D eigenvalue weighted by Crippen LogP contribution is 2.24. The lowest BCUT2D eigenvalue weighted by Crippen LogP contribution is -2.37. The number of sulfonamides is 1. The van der Waals surface area contributed by atoms with Gasteiger partial charge in [0.05, 0.1) is 0 Å². The molecule has 0 spiro atoms. The van der Waals surface area contributed by atoms with Crippen LogP contribution in [0.4, 0.5) is 8.78 Å². The van der Waals surface area contributed by atoms with Crippen LogP contribution in [-0.2, 0) is 16.6 Å². The van der Waals surface area contributed by atoms with Gasteiger partial charge in [0.1, 0.15) is 11.6 Å². The second kappa shape index (κ2) is 7.83. The molecule has 0 N–H and O–H groups in total. The Labute approximate surface area is 141 Å². The van der Waals surface area contributed by atoms with Gasteiger partial charge < -0.3 is 4.90 Å². The topological polar surface area (TPSA) is 40.6 Å². The highest BCUT2D eigenvalue weighted by molar-refractivity contribution is 7.89. The van der Waals surface area contributed by atoms with Crippen molar-refractivity contribution >= 4 is 10.0 Å². The lowest BCUT2D eigenvalue weighted by molar-refractivity contribution is 0.327. The Morgan fingerprint density at radius 3 is 2.00 bits per heavy atom. The molecule has 4 nitrogen and oxygen atoms in total. The van der Waals surface area contributed by atoms with Crippen LogP contribution in [0.3, 0.4) is 0 Å². The van der Waals surface area contributed by atoms with Gasteiger partial charge in [-0.2, -0.15) is 4.31 Å². The van der Waals surface area contributed by atoms with Gasteiger partial charge in [-0.05, 0) is 31.8 Å². The summed E-state index contributed by atoms with van der Waals surface area (Å²) >= 11 is 0. The van der Waals surface area contributed by atoms with Crippen LogP contribution >= 0.6 is 0 Å². The third-order valence-electron chi connectivity index (χ3n) is 3.52. The third kappa shape index (κ3) is 4.37. The van der Waals surface area contributed by atoms with Gasteiger partial charge in [0.2, 0.25) is 10.0 Å². The maximum atomic E-state index is 14.0. The molecule has 0 unspecified atom stereocenters. The minimum atomic E-state index is -4.30. The van der Waals surface area contributed by atoms with Crippen molar-refractivity contribution in [2.45, 2.75) is 11.4 Å². The molecule has 0 aliphatic carbocycles. The number of nitrogens with zero attached hydrogens (tertiary/aromatic N) is 2. The van der Waals surface area contributed by atoms with Gasteiger partial charge in [-0.1, -0.05) is 36.4 Å². The van der Waals surface area contributed by atoms with Crippen molar-refractivity contribution in [3.05, 3.63) is 65.7 Å². The van der Waals surface area contributed by atoms with Crippen molar-refractivity contribution in [3.63, 3.8) is 0 Å². The summed E-state index contributed by atoms with van der Waals surface area (Å²) < 4.78 is 54.7. The average molecular weight is 354 g/mol. The zero-order valence-electron chi connectivity index (χ0n) is 13.6. The summed E-state index contributed by atoms with van der Waals surface area (Å²) in [6.07, 6.45) is 0. The van der Waals surface area contributed by atoms with Crippen LogP contribution in [0.5, 0.6) is 0 Å².